The van der Waals surface area contributed by atoms with Crippen molar-refractivity contribution in [3.05, 3.63) is 41.5 Å². The van der Waals surface area contributed by atoms with Gasteiger partial charge in [-0.15, -0.1) is 34.2 Å². The third-order valence-electron chi connectivity index (χ3n) is 5.84. The molecule has 0 amide bonds. The minimum absolute atomic E-state index is 0. The molecule has 4 rings (SSSR count). The number of hydrogen-bond acceptors (Lipinski definition) is 3. The predicted octanol–water partition coefficient (Wildman–Crippen LogP) is 3.15. The van der Waals surface area contributed by atoms with E-state index >= 15 is 0 Å². The number of benzene rings is 1. The first kappa shape index (κ1) is 19.1. The van der Waals surface area contributed by atoms with E-state index < -0.39 is 0 Å². The molecular weight excluding hydrogens is 439 g/mol. The van der Waals surface area contributed by atoms with E-state index in [1.165, 1.54) is 36.9 Å². The third-order valence-corrected chi connectivity index (χ3v) is 5.84. The van der Waals surface area contributed by atoms with Crippen LogP contribution < -0.4 is 10.2 Å². The smallest absolute Gasteiger partial charge is 0.198 e. The highest BCUT2D eigenvalue weighted by Gasteiger charge is 2.45. The summed E-state index contributed by atoms with van der Waals surface area (Å²) in [5.74, 6) is 2.75. The number of nitrogens with one attached hydrogen (secondary N) is 1. The van der Waals surface area contributed by atoms with Gasteiger partial charge in [-0.2, -0.15) is 0 Å². The van der Waals surface area contributed by atoms with Crippen LogP contribution in [0.2, 0.25) is 0 Å². The monoisotopic (exact) mass is 466 g/mol. The average Bonchev–Trinajstić information content (AvgIpc) is 3.32. The Hall–Kier alpha value is -1.64. The van der Waals surface area contributed by atoms with Crippen LogP contribution in [0, 0.1) is 6.92 Å². The minimum Gasteiger partial charge on any atom is -0.349 e. The fourth-order valence-corrected chi connectivity index (χ4v) is 4.36. The lowest BCUT2D eigenvalue weighted by Gasteiger charge is -2.26. The van der Waals surface area contributed by atoms with Crippen molar-refractivity contribution < 1.29 is 0 Å². The quantitative estimate of drug-likeness (QED) is 0.420. The van der Waals surface area contributed by atoms with Gasteiger partial charge in [0.15, 0.2) is 11.8 Å². The van der Waals surface area contributed by atoms with Gasteiger partial charge in [-0.1, -0.05) is 31.0 Å². The lowest BCUT2D eigenvalue weighted by Crippen LogP contribution is -2.43. The number of fused-ring (bicyclic) bond motifs is 2. The van der Waals surface area contributed by atoms with Gasteiger partial charge in [0.25, 0.3) is 0 Å². The number of para-hydroxylation sites is 1. The number of nitrogens with zero attached hydrogens (tertiary/aromatic N) is 5. The van der Waals surface area contributed by atoms with E-state index in [0.717, 1.165) is 24.2 Å². The zero-order valence-corrected chi connectivity index (χ0v) is 18.0. The Kier molecular flexibility index (Phi) is 5.55. The fraction of sp³-hybridized carbons (Fsp3) is 0.526. The van der Waals surface area contributed by atoms with Gasteiger partial charge in [0.1, 0.15) is 5.82 Å². The molecule has 1 aliphatic heterocycles. The van der Waals surface area contributed by atoms with Crippen LogP contribution in [0.25, 0.3) is 0 Å². The standard InChI is InChI=1S/C19H26N6.HI/c1-14-22-23-17(24(14)3)12-21-18(20-2)25-13-19(10-6-7-11-19)15-8-4-5-9-16(15)25;/h4-5,8-9H,6-7,10-13H2,1-3H3,(H,20,21);1H. The van der Waals surface area contributed by atoms with Gasteiger partial charge in [-0.05, 0) is 31.4 Å². The normalized spacial score (nSPS) is 18.1. The Morgan fingerprint density at radius 3 is 2.62 bits per heavy atom. The van der Waals surface area contributed by atoms with Crippen molar-refractivity contribution in [1.29, 1.82) is 0 Å². The molecule has 1 aromatic carbocycles. The number of rotatable bonds is 2. The zero-order valence-electron chi connectivity index (χ0n) is 15.7. The summed E-state index contributed by atoms with van der Waals surface area (Å²) in [6, 6.07) is 8.82. The number of aromatic nitrogens is 3. The average molecular weight is 466 g/mol. The van der Waals surface area contributed by atoms with Crippen molar-refractivity contribution >= 4 is 35.6 Å². The Bertz CT molecular complexity index is 806. The molecule has 1 aromatic heterocycles. The van der Waals surface area contributed by atoms with Crippen molar-refractivity contribution in [2.75, 3.05) is 18.5 Å². The van der Waals surface area contributed by atoms with E-state index in [4.69, 9.17) is 0 Å². The molecule has 1 fully saturated rings. The van der Waals surface area contributed by atoms with E-state index in [0.29, 0.717) is 12.0 Å². The van der Waals surface area contributed by atoms with Crippen LogP contribution in [0.5, 0.6) is 0 Å². The van der Waals surface area contributed by atoms with Gasteiger partial charge in [0.05, 0.1) is 6.54 Å². The van der Waals surface area contributed by atoms with Gasteiger partial charge in [0, 0.05) is 31.7 Å². The van der Waals surface area contributed by atoms with Gasteiger partial charge < -0.3 is 14.8 Å². The number of halogens is 1. The second-order valence-electron chi connectivity index (χ2n) is 7.21. The highest BCUT2D eigenvalue weighted by atomic mass is 127. The van der Waals surface area contributed by atoms with Crippen molar-refractivity contribution in [2.45, 2.75) is 44.6 Å². The first-order valence-electron chi connectivity index (χ1n) is 9.07. The summed E-state index contributed by atoms with van der Waals surface area (Å²) in [5.41, 5.74) is 3.09. The number of hydrogen-bond donors (Lipinski definition) is 1. The third kappa shape index (κ3) is 3.10. The molecule has 1 aliphatic carbocycles. The second-order valence-corrected chi connectivity index (χ2v) is 7.21. The molecule has 2 aliphatic rings. The SMILES string of the molecule is CN=C(NCc1nnc(C)n1C)N1CC2(CCCC2)c2ccccc21.I. The molecule has 1 N–H and O–H groups in total. The molecular formula is C19H27IN6. The Labute approximate surface area is 172 Å². The maximum atomic E-state index is 4.55. The van der Waals surface area contributed by atoms with Crippen molar-refractivity contribution in [2.24, 2.45) is 12.0 Å². The van der Waals surface area contributed by atoms with Crippen LogP contribution in [0.1, 0.15) is 42.9 Å². The summed E-state index contributed by atoms with van der Waals surface area (Å²) in [6.45, 7) is 3.60. The van der Waals surface area contributed by atoms with Crippen LogP contribution in [0.3, 0.4) is 0 Å². The van der Waals surface area contributed by atoms with Gasteiger partial charge in [-0.3, -0.25) is 4.99 Å². The topological polar surface area (TPSA) is 58.3 Å². The van der Waals surface area contributed by atoms with Gasteiger partial charge >= 0.3 is 0 Å². The van der Waals surface area contributed by atoms with Crippen LogP contribution in [0.4, 0.5) is 5.69 Å². The first-order chi connectivity index (χ1) is 12.1. The summed E-state index contributed by atoms with van der Waals surface area (Å²) in [6.07, 6.45) is 5.21. The maximum absolute atomic E-state index is 4.55. The number of anilines is 1. The second kappa shape index (κ2) is 7.54. The highest BCUT2D eigenvalue weighted by Crippen LogP contribution is 2.50. The van der Waals surface area contributed by atoms with Crippen LogP contribution >= 0.6 is 24.0 Å². The minimum atomic E-state index is 0. The van der Waals surface area contributed by atoms with Gasteiger partial charge in [0.2, 0.25) is 0 Å². The molecule has 0 unspecified atom stereocenters. The largest absolute Gasteiger partial charge is 0.349 e. The Morgan fingerprint density at radius 2 is 1.96 bits per heavy atom. The van der Waals surface area contributed by atoms with E-state index in [-0.39, 0.29) is 24.0 Å². The summed E-state index contributed by atoms with van der Waals surface area (Å²) >= 11 is 0. The van der Waals surface area contributed by atoms with E-state index in [9.17, 15) is 0 Å². The zero-order chi connectivity index (χ0) is 17.4. The number of aryl methyl sites for hydroxylation is 1. The molecule has 0 radical (unpaired) electrons. The lowest BCUT2D eigenvalue weighted by atomic mass is 9.81. The Balaban J connectivity index is 0.00000196. The van der Waals surface area contributed by atoms with Gasteiger partial charge in [-0.25, -0.2) is 0 Å². The molecule has 2 heterocycles. The first-order valence-corrected chi connectivity index (χ1v) is 9.07. The Morgan fingerprint density at radius 1 is 1.23 bits per heavy atom. The predicted molar refractivity (Wildman–Crippen MR) is 115 cm³/mol. The molecule has 1 spiro atoms. The fourth-order valence-electron chi connectivity index (χ4n) is 4.36. The van der Waals surface area contributed by atoms with E-state index in [1.54, 1.807) is 0 Å². The summed E-state index contributed by atoms with van der Waals surface area (Å²) in [4.78, 5) is 6.90. The van der Waals surface area contributed by atoms with Crippen LogP contribution in [0.15, 0.2) is 29.3 Å². The van der Waals surface area contributed by atoms with Crippen molar-refractivity contribution in [3.8, 4) is 0 Å². The van der Waals surface area contributed by atoms with Crippen LogP contribution in [-0.2, 0) is 19.0 Å². The molecule has 1 saturated carbocycles. The molecule has 2 aromatic rings. The molecule has 0 saturated heterocycles. The van der Waals surface area contributed by atoms with Crippen molar-refractivity contribution in [3.63, 3.8) is 0 Å². The van der Waals surface area contributed by atoms with E-state index in [2.05, 4.69) is 49.7 Å². The molecule has 7 heteroatoms. The molecule has 140 valence electrons. The van der Waals surface area contributed by atoms with Crippen molar-refractivity contribution in [1.82, 2.24) is 20.1 Å². The molecule has 26 heavy (non-hydrogen) atoms. The molecule has 0 atom stereocenters. The summed E-state index contributed by atoms with van der Waals surface area (Å²) in [5, 5.41) is 11.9. The maximum Gasteiger partial charge on any atom is 0.198 e. The summed E-state index contributed by atoms with van der Waals surface area (Å²) in [7, 11) is 3.85. The van der Waals surface area contributed by atoms with Crippen LogP contribution in [-0.4, -0.2) is 34.3 Å². The van der Waals surface area contributed by atoms with E-state index in [1.807, 2.05) is 25.6 Å². The lowest BCUT2D eigenvalue weighted by molar-refractivity contribution is 0.478. The number of aliphatic imine (C=N–C) groups is 1. The summed E-state index contributed by atoms with van der Waals surface area (Å²) < 4.78 is 2.01. The number of guanidine groups is 1. The molecule has 6 nitrogen and oxygen atoms in total. The molecule has 0 bridgehead atoms. The highest BCUT2D eigenvalue weighted by molar-refractivity contribution is 14.0.